The van der Waals surface area contributed by atoms with Crippen LogP contribution in [0.5, 0.6) is 0 Å². The van der Waals surface area contributed by atoms with E-state index in [-0.39, 0.29) is 11.3 Å². The Hall–Kier alpha value is -2.18. The Labute approximate surface area is 96.8 Å². The number of hydrogen-bond acceptors (Lipinski definition) is 5. The largest absolute Gasteiger partial charge is 0.377 e. The molecule has 0 amide bonds. The van der Waals surface area contributed by atoms with Crippen molar-refractivity contribution in [1.82, 2.24) is 5.06 Å². The summed E-state index contributed by atoms with van der Waals surface area (Å²) in [5.74, 6) is 0. The van der Waals surface area contributed by atoms with Gasteiger partial charge in [-0.3, -0.25) is 15.3 Å². The van der Waals surface area contributed by atoms with Gasteiger partial charge in [0, 0.05) is 18.5 Å². The van der Waals surface area contributed by atoms with Gasteiger partial charge in [0.1, 0.15) is 5.60 Å². The van der Waals surface area contributed by atoms with Crippen LogP contribution in [0.4, 0.5) is 5.69 Å². The first-order valence-corrected chi connectivity index (χ1v) is 4.85. The van der Waals surface area contributed by atoms with Crippen molar-refractivity contribution >= 4 is 5.69 Å². The number of nitrogens with zero attached hydrogens (tertiary/aromatic N) is 2. The van der Waals surface area contributed by atoms with E-state index < -0.39 is 10.5 Å². The molecule has 0 saturated carbocycles. The number of aliphatic hydroxyl groups is 1. The van der Waals surface area contributed by atoms with Crippen molar-refractivity contribution in [2.45, 2.75) is 5.60 Å². The highest BCUT2D eigenvalue weighted by Crippen LogP contribution is 2.33. The fourth-order valence-corrected chi connectivity index (χ4v) is 1.64. The van der Waals surface area contributed by atoms with Crippen molar-refractivity contribution in [2.75, 3.05) is 0 Å². The van der Waals surface area contributed by atoms with Crippen molar-refractivity contribution in [3.8, 4) is 0 Å². The van der Waals surface area contributed by atoms with Crippen molar-refractivity contribution in [3.05, 3.63) is 64.5 Å². The van der Waals surface area contributed by atoms with Gasteiger partial charge in [-0.2, -0.15) is 0 Å². The third-order valence-corrected chi connectivity index (χ3v) is 2.49. The molecule has 17 heavy (non-hydrogen) atoms. The second-order valence-corrected chi connectivity index (χ2v) is 3.61. The molecule has 1 heterocycles. The molecule has 0 aromatic heterocycles. The van der Waals surface area contributed by atoms with E-state index in [1.807, 2.05) is 0 Å². The number of para-hydroxylation sites is 1. The number of nitro benzene ring substituents is 1. The molecule has 0 aliphatic carbocycles. The van der Waals surface area contributed by atoms with E-state index in [2.05, 4.69) is 0 Å². The quantitative estimate of drug-likeness (QED) is 0.598. The molecule has 1 aromatic carbocycles. The molecule has 0 spiro atoms. The van der Waals surface area contributed by atoms with E-state index in [9.17, 15) is 15.2 Å². The molecule has 0 radical (unpaired) electrons. The summed E-state index contributed by atoms with van der Waals surface area (Å²) in [6.45, 7) is 0. The van der Waals surface area contributed by atoms with Gasteiger partial charge >= 0.3 is 0 Å². The molecule has 0 atom stereocenters. The van der Waals surface area contributed by atoms with E-state index in [1.54, 1.807) is 6.07 Å². The maximum absolute atomic E-state index is 10.9. The Kier molecular flexibility index (Phi) is 2.66. The van der Waals surface area contributed by atoms with Crippen LogP contribution < -0.4 is 0 Å². The monoisotopic (exact) mass is 234 g/mol. The SMILES string of the molecule is O=[N+]([O-])c1ccccc1C1(O)C=CN(O)C=C1. The van der Waals surface area contributed by atoms with Crippen LogP contribution in [-0.4, -0.2) is 20.3 Å². The number of hydrogen-bond donors (Lipinski definition) is 2. The van der Waals surface area contributed by atoms with Gasteiger partial charge in [-0.15, -0.1) is 0 Å². The fourth-order valence-electron chi connectivity index (χ4n) is 1.64. The first-order valence-electron chi connectivity index (χ1n) is 4.85. The Balaban J connectivity index is 2.51. The lowest BCUT2D eigenvalue weighted by molar-refractivity contribution is -0.386. The predicted molar refractivity (Wildman–Crippen MR) is 58.9 cm³/mol. The molecule has 1 aliphatic heterocycles. The minimum Gasteiger partial charge on any atom is -0.377 e. The lowest BCUT2D eigenvalue weighted by Gasteiger charge is -2.25. The Morgan fingerprint density at radius 1 is 1.24 bits per heavy atom. The zero-order chi connectivity index (χ0) is 12.5. The second-order valence-electron chi connectivity index (χ2n) is 3.61. The predicted octanol–water partition coefficient (Wildman–Crippen LogP) is 1.51. The van der Waals surface area contributed by atoms with Crippen molar-refractivity contribution in [3.63, 3.8) is 0 Å². The highest BCUT2D eigenvalue weighted by Gasteiger charge is 2.32. The molecule has 0 saturated heterocycles. The number of hydroxylamine groups is 2. The lowest BCUT2D eigenvalue weighted by atomic mass is 9.91. The van der Waals surface area contributed by atoms with E-state index >= 15 is 0 Å². The molecule has 2 N–H and O–H groups in total. The molecule has 0 fully saturated rings. The van der Waals surface area contributed by atoms with Gasteiger partial charge in [0.25, 0.3) is 5.69 Å². The standard InChI is InChI=1S/C11H10N2O4/c14-11(5-7-12(15)8-6-11)9-3-1-2-4-10(9)13(16)17/h1-8,14-15H. The van der Waals surface area contributed by atoms with E-state index in [4.69, 9.17) is 5.21 Å². The van der Waals surface area contributed by atoms with Crippen LogP contribution in [0.15, 0.2) is 48.8 Å². The first-order chi connectivity index (χ1) is 8.03. The molecule has 6 nitrogen and oxygen atoms in total. The van der Waals surface area contributed by atoms with Gasteiger partial charge in [0.05, 0.1) is 10.5 Å². The van der Waals surface area contributed by atoms with Crippen LogP contribution in [-0.2, 0) is 5.60 Å². The molecule has 0 bridgehead atoms. The number of nitro groups is 1. The first kappa shape index (κ1) is 11.3. The minimum absolute atomic E-state index is 0.158. The fraction of sp³-hybridized carbons (Fsp3) is 0.0909. The molecular weight excluding hydrogens is 224 g/mol. The van der Waals surface area contributed by atoms with E-state index in [0.717, 1.165) is 5.06 Å². The summed E-state index contributed by atoms with van der Waals surface area (Å²) in [5.41, 5.74) is -1.59. The van der Waals surface area contributed by atoms with Crippen LogP contribution in [0.3, 0.4) is 0 Å². The molecule has 1 aliphatic rings. The van der Waals surface area contributed by atoms with E-state index in [1.165, 1.54) is 42.8 Å². The molecule has 1 aromatic rings. The third kappa shape index (κ3) is 2.03. The van der Waals surface area contributed by atoms with Gasteiger partial charge in [-0.1, -0.05) is 12.1 Å². The Morgan fingerprint density at radius 2 is 1.82 bits per heavy atom. The maximum atomic E-state index is 10.9. The zero-order valence-electron chi connectivity index (χ0n) is 8.72. The van der Waals surface area contributed by atoms with Gasteiger partial charge in [-0.05, 0) is 18.2 Å². The highest BCUT2D eigenvalue weighted by molar-refractivity contribution is 5.48. The summed E-state index contributed by atoms with van der Waals surface area (Å²) in [7, 11) is 0. The summed E-state index contributed by atoms with van der Waals surface area (Å²) in [6.07, 6.45) is 4.98. The Morgan fingerprint density at radius 3 is 2.41 bits per heavy atom. The van der Waals surface area contributed by atoms with Crippen LogP contribution in [0.25, 0.3) is 0 Å². The molecular formula is C11H10N2O4. The van der Waals surface area contributed by atoms with Gasteiger partial charge < -0.3 is 5.11 Å². The summed E-state index contributed by atoms with van der Waals surface area (Å²) < 4.78 is 0. The third-order valence-electron chi connectivity index (χ3n) is 2.49. The average Bonchev–Trinajstić information content (AvgIpc) is 2.33. The smallest absolute Gasteiger partial charge is 0.276 e. The molecule has 6 heteroatoms. The number of rotatable bonds is 2. The van der Waals surface area contributed by atoms with Crippen molar-refractivity contribution < 1.29 is 15.2 Å². The van der Waals surface area contributed by atoms with Crippen LogP contribution in [0, 0.1) is 10.1 Å². The van der Waals surface area contributed by atoms with Gasteiger partial charge in [0.15, 0.2) is 0 Å². The highest BCUT2D eigenvalue weighted by atomic mass is 16.6. The summed E-state index contributed by atoms with van der Waals surface area (Å²) >= 11 is 0. The van der Waals surface area contributed by atoms with Crippen molar-refractivity contribution in [1.29, 1.82) is 0 Å². The van der Waals surface area contributed by atoms with Gasteiger partial charge in [0.2, 0.25) is 0 Å². The minimum atomic E-state index is -1.58. The second kappa shape index (κ2) is 4.00. The zero-order valence-corrected chi connectivity index (χ0v) is 8.72. The number of benzene rings is 1. The van der Waals surface area contributed by atoms with Crippen LogP contribution >= 0.6 is 0 Å². The Bertz CT molecular complexity index is 496. The topological polar surface area (TPSA) is 86.8 Å². The molecule has 2 rings (SSSR count). The normalized spacial score (nSPS) is 17.2. The maximum Gasteiger partial charge on any atom is 0.276 e. The molecule has 0 unspecified atom stereocenters. The lowest BCUT2D eigenvalue weighted by Crippen LogP contribution is -2.26. The van der Waals surface area contributed by atoms with E-state index in [0.29, 0.717) is 0 Å². The summed E-state index contributed by atoms with van der Waals surface area (Å²) in [5, 5.41) is 31.0. The van der Waals surface area contributed by atoms with Gasteiger partial charge in [-0.25, -0.2) is 5.06 Å². The summed E-state index contributed by atoms with van der Waals surface area (Å²) in [6, 6.07) is 5.92. The molecule has 88 valence electrons. The van der Waals surface area contributed by atoms with Crippen molar-refractivity contribution in [2.24, 2.45) is 0 Å². The van der Waals surface area contributed by atoms with Crippen LogP contribution in [0.1, 0.15) is 5.56 Å². The van der Waals surface area contributed by atoms with Crippen LogP contribution in [0.2, 0.25) is 0 Å². The summed E-state index contributed by atoms with van der Waals surface area (Å²) in [4.78, 5) is 10.3. The average molecular weight is 234 g/mol.